The molecule has 8 heteroatoms. The average Bonchev–Trinajstić information content (AvgIpc) is 3.49. The Balaban J connectivity index is 1.41. The van der Waals surface area contributed by atoms with Crippen LogP contribution in [0.15, 0.2) is 48.5 Å². The number of nitrogens with zero attached hydrogens (tertiary/aromatic N) is 2. The van der Waals surface area contributed by atoms with Crippen molar-refractivity contribution in [3.05, 3.63) is 65.2 Å². The average molecular weight is 492 g/mol. The third-order valence-electron chi connectivity index (χ3n) is 7.03. The first-order valence-electron chi connectivity index (χ1n) is 12.6. The Hall–Kier alpha value is -3.68. The molecule has 0 saturated heterocycles. The van der Waals surface area contributed by atoms with Gasteiger partial charge < -0.3 is 15.0 Å². The predicted molar refractivity (Wildman–Crippen MR) is 134 cm³/mol. The zero-order valence-corrected chi connectivity index (χ0v) is 20.9. The van der Waals surface area contributed by atoms with E-state index in [1.54, 1.807) is 43.2 Å². The van der Waals surface area contributed by atoms with E-state index in [4.69, 9.17) is 4.74 Å². The number of carbonyl (C=O) groups is 4. The molecule has 2 aromatic rings. The lowest BCUT2D eigenvalue weighted by atomic mass is 10.1. The van der Waals surface area contributed by atoms with Crippen LogP contribution in [0, 0.1) is 0 Å². The van der Waals surface area contributed by atoms with Crippen LogP contribution in [0.2, 0.25) is 0 Å². The van der Waals surface area contributed by atoms with Gasteiger partial charge in [-0.1, -0.05) is 37.1 Å². The Labute approximate surface area is 211 Å². The summed E-state index contributed by atoms with van der Waals surface area (Å²) in [7, 11) is 1.59. The first-order chi connectivity index (χ1) is 17.4. The Morgan fingerprint density at radius 1 is 1.03 bits per heavy atom. The van der Waals surface area contributed by atoms with E-state index in [-0.39, 0.29) is 49.2 Å². The second-order valence-corrected chi connectivity index (χ2v) is 9.45. The summed E-state index contributed by atoms with van der Waals surface area (Å²) in [5, 5.41) is 3.09. The molecule has 1 heterocycles. The zero-order chi connectivity index (χ0) is 25.7. The van der Waals surface area contributed by atoms with E-state index in [9.17, 15) is 19.2 Å². The van der Waals surface area contributed by atoms with Crippen molar-refractivity contribution in [3.8, 4) is 5.75 Å². The lowest BCUT2D eigenvalue weighted by molar-refractivity contribution is -0.141. The van der Waals surface area contributed by atoms with Crippen molar-refractivity contribution in [2.75, 3.05) is 13.7 Å². The van der Waals surface area contributed by atoms with Crippen LogP contribution in [0.1, 0.15) is 71.7 Å². The quantitative estimate of drug-likeness (QED) is 0.513. The number of benzene rings is 2. The molecule has 0 spiro atoms. The molecule has 1 N–H and O–H groups in total. The predicted octanol–water partition coefficient (Wildman–Crippen LogP) is 3.55. The van der Waals surface area contributed by atoms with E-state index in [1.807, 2.05) is 24.3 Å². The number of hydrogen-bond donors (Lipinski definition) is 1. The van der Waals surface area contributed by atoms with Gasteiger partial charge in [0, 0.05) is 25.6 Å². The number of methoxy groups -OCH3 is 1. The fourth-order valence-corrected chi connectivity index (χ4v) is 4.88. The Bertz CT molecular complexity index is 1090. The van der Waals surface area contributed by atoms with Gasteiger partial charge in [0.15, 0.2) is 0 Å². The Kier molecular flexibility index (Phi) is 8.03. The molecule has 190 valence electrons. The number of nitrogens with one attached hydrogen (secondary N) is 1. The summed E-state index contributed by atoms with van der Waals surface area (Å²) in [6.45, 7) is 2.17. The fraction of sp³-hybridized carbons (Fsp3) is 0.429. The van der Waals surface area contributed by atoms with E-state index in [1.165, 1.54) is 4.90 Å². The van der Waals surface area contributed by atoms with Gasteiger partial charge in [0.2, 0.25) is 11.8 Å². The Morgan fingerprint density at radius 2 is 1.64 bits per heavy atom. The smallest absolute Gasteiger partial charge is 0.261 e. The van der Waals surface area contributed by atoms with Crippen LogP contribution in [-0.2, 0) is 16.1 Å². The van der Waals surface area contributed by atoms with Crippen molar-refractivity contribution in [3.63, 3.8) is 0 Å². The van der Waals surface area contributed by atoms with E-state index in [0.29, 0.717) is 23.3 Å². The lowest BCUT2D eigenvalue weighted by Gasteiger charge is -2.30. The molecule has 0 radical (unpaired) electrons. The van der Waals surface area contributed by atoms with Gasteiger partial charge in [-0.15, -0.1) is 0 Å². The minimum atomic E-state index is -0.653. The van der Waals surface area contributed by atoms with Crippen molar-refractivity contribution in [2.45, 2.75) is 64.1 Å². The van der Waals surface area contributed by atoms with Gasteiger partial charge in [0.25, 0.3) is 11.8 Å². The van der Waals surface area contributed by atoms with Crippen molar-refractivity contribution in [2.24, 2.45) is 0 Å². The summed E-state index contributed by atoms with van der Waals surface area (Å²) in [6, 6.07) is 13.6. The topological polar surface area (TPSA) is 96.0 Å². The first-order valence-corrected chi connectivity index (χ1v) is 12.6. The van der Waals surface area contributed by atoms with Crippen LogP contribution >= 0.6 is 0 Å². The third kappa shape index (κ3) is 5.58. The summed E-state index contributed by atoms with van der Waals surface area (Å²) < 4.78 is 5.22. The van der Waals surface area contributed by atoms with Crippen molar-refractivity contribution < 1.29 is 23.9 Å². The van der Waals surface area contributed by atoms with E-state index >= 15 is 0 Å². The van der Waals surface area contributed by atoms with Crippen LogP contribution in [0.3, 0.4) is 0 Å². The molecule has 0 bridgehead atoms. The van der Waals surface area contributed by atoms with Crippen LogP contribution < -0.4 is 10.1 Å². The molecular formula is C28H33N3O5. The highest BCUT2D eigenvalue weighted by atomic mass is 16.5. The van der Waals surface area contributed by atoms with Gasteiger partial charge in [0.1, 0.15) is 11.8 Å². The van der Waals surface area contributed by atoms with Crippen LogP contribution in [0.5, 0.6) is 5.75 Å². The minimum absolute atomic E-state index is 0.116. The molecule has 36 heavy (non-hydrogen) atoms. The summed E-state index contributed by atoms with van der Waals surface area (Å²) in [4.78, 5) is 54.4. The molecule has 1 aliphatic heterocycles. The molecular weight excluding hydrogens is 458 g/mol. The number of imide groups is 1. The summed E-state index contributed by atoms with van der Waals surface area (Å²) >= 11 is 0. The number of fused-ring (bicyclic) bond motifs is 1. The van der Waals surface area contributed by atoms with Gasteiger partial charge in [0.05, 0.1) is 18.2 Å². The molecule has 2 aliphatic rings. The normalized spacial score (nSPS) is 16.1. The van der Waals surface area contributed by atoms with E-state index in [2.05, 4.69) is 5.32 Å². The van der Waals surface area contributed by atoms with Gasteiger partial charge in [-0.3, -0.25) is 24.1 Å². The molecule has 1 saturated carbocycles. The summed E-state index contributed by atoms with van der Waals surface area (Å²) in [5.74, 6) is -0.310. The standard InChI is InChI=1S/C28H33N3O5/c1-19(26(33)29-21-8-3-4-9-21)31(18-20-13-15-22(36-2)16-14-20)25(32)12-7-17-30-27(34)23-10-5-6-11-24(23)28(30)35/h5-6,10-11,13-16,19,21H,3-4,7-9,12,17-18H2,1-2H3,(H,29,33)/t19-/m0/s1. The third-order valence-corrected chi connectivity index (χ3v) is 7.03. The van der Waals surface area contributed by atoms with Crippen molar-refractivity contribution >= 4 is 23.6 Å². The van der Waals surface area contributed by atoms with Crippen molar-refractivity contribution in [1.29, 1.82) is 0 Å². The lowest BCUT2D eigenvalue weighted by Crippen LogP contribution is -2.49. The Morgan fingerprint density at radius 3 is 2.22 bits per heavy atom. The molecule has 1 atom stereocenters. The highest BCUT2D eigenvalue weighted by Gasteiger charge is 2.35. The van der Waals surface area contributed by atoms with Crippen LogP contribution in [0.25, 0.3) is 0 Å². The zero-order valence-electron chi connectivity index (χ0n) is 20.9. The second-order valence-electron chi connectivity index (χ2n) is 9.45. The number of amides is 4. The van der Waals surface area contributed by atoms with E-state index < -0.39 is 6.04 Å². The molecule has 1 fully saturated rings. The molecule has 0 unspecified atom stereocenters. The number of ether oxygens (including phenoxy) is 1. The largest absolute Gasteiger partial charge is 0.497 e. The SMILES string of the molecule is COc1ccc(CN(C(=O)CCCN2C(=O)c3ccccc3C2=O)[C@@H](C)C(=O)NC2CCCC2)cc1. The van der Waals surface area contributed by atoms with Gasteiger partial charge in [-0.25, -0.2) is 0 Å². The number of rotatable bonds is 10. The highest BCUT2D eigenvalue weighted by molar-refractivity contribution is 6.21. The second kappa shape index (κ2) is 11.4. The summed E-state index contributed by atoms with van der Waals surface area (Å²) in [6.07, 6.45) is 4.57. The van der Waals surface area contributed by atoms with Gasteiger partial charge >= 0.3 is 0 Å². The number of hydrogen-bond acceptors (Lipinski definition) is 5. The fourth-order valence-electron chi connectivity index (χ4n) is 4.88. The van der Waals surface area contributed by atoms with E-state index in [0.717, 1.165) is 31.2 Å². The van der Waals surface area contributed by atoms with Crippen LogP contribution in [-0.4, -0.2) is 59.2 Å². The molecule has 1 aliphatic carbocycles. The molecule has 4 amide bonds. The monoisotopic (exact) mass is 491 g/mol. The molecule has 4 rings (SSSR count). The maximum absolute atomic E-state index is 13.3. The minimum Gasteiger partial charge on any atom is -0.497 e. The highest BCUT2D eigenvalue weighted by Crippen LogP contribution is 2.23. The maximum Gasteiger partial charge on any atom is 0.261 e. The molecule has 2 aromatic carbocycles. The first kappa shape index (κ1) is 25.4. The molecule has 0 aromatic heterocycles. The molecule has 8 nitrogen and oxygen atoms in total. The van der Waals surface area contributed by atoms with Crippen LogP contribution in [0.4, 0.5) is 0 Å². The number of carbonyl (C=O) groups excluding carboxylic acids is 4. The van der Waals surface area contributed by atoms with Crippen molar-refractivity contribution in [1.82, 2.24) is 15.1 Å². The van der Waals surface area contributed by atoms with Gasteiger partial charge in [-0.2, -0.15) is 0 Å². The summed E-state index contributed by atoms with van der Waals surface area (Å²) in [5.41, 5.74) is 1.67. The maximum atomic E-state index is 13.3. The van der Waals surface area contributed by atoms with Gasteiger partial charge in [-0.05, 0) is 56.0 Å².